The van der Waals surface area contributed by atoms with E-state index in [-0.39, 0.29) is 5.91 Å². The summed E-state index contributed by atoms with van der Waals surface area (Å²) in [5.74, 6) is 5.01. The largest absolute Gasteiger partial charge is 0.356 e. The van der Waals surface area contributed by atoms with E-state index in [0.717, 1.165) is 32.2 Å². The Hall–Kier alpha value is -0.610. The zero-order valence-corrected chi connectivity index (χ0v) is 8.34. The van der Waals surface area contributed by atoms with Gasteiger partial charge in [0.1, 0.15) is 0 Å². The second-order valence-electron chi connectivity index (χ2n) is 3.03. The van der Waals surface area contributed by atoms with E-state index in [2.05, 4.69) is 10.2 Å². The number of nitrogens with two attached hydrogens (primary N) is 1. The molecule has 0 fully saturated rings. The standard InChI is InChI=1S/C9H20N2O2/c1-2-7-11-9(12)6-4-3-5-8-13-10/h2-8,10H2,1H3,(H,11,12). The number of nitrogens with one attached hydrogen (secondary N) is 1. The van der Waals surface area contributed by atoms with Crippen LogP contribution in [-0.2, 0) is 9.63 Å². The van der Waals surface area contributed by atoms with Crippen LogP contribution in [0, 0.1) is 0 Å². The van der Waals surface area contributed by atoms with Gasteiger partial charge in [0.25, 0.3) is 0 Å². The van der Waals surface area contributed by atoms with Gasteiger partial charge >= 0.3 is 0 Å². The van der Waals surface area contributed by atoms with Crippen LogP contribution in [0.2, 0.25) is 0 Å². The SMILES string of the molecule is CCCNC(=O)CCCCCON. The Morgan fingerprint density at radius 3 is 2.77 bits per heavy atom. The normalized spacial score (nSPS) is 10.0. The molecule has 0 aromatic carbocycles. The molecule has 0 rings (SSSR count). The van der Waals surface area contributed by atoms with Crippen molar-refractivity contribution in [3.05, 3.63) is 0 Å². The molecule has 78 valence electrons. The highest BCUT2D eigenvalue weighted by atomic mass is 16.6. The molecule has 0 heterocycles. The number of rotatable bonds is 8. The predicted octanol–water partition coefficient (Wildman–Crippen LogP) is 0.963. The highest BCUT2D eigenvalue weighted by Crippen LogP contribution is 1.99. The summed E-state index contributed by atoms with van der Waals surface area (Å²) >= 11 is 0. The minimum absolute atomic E-state index is 0.149. The van der Waals surface area contributed by atoms with Crippen LogP contribution in [0.15, 0.2) is 0 Å². The van der Waals surface area contributed by atoms with Crippen molar-refractivity contribution in [2.45, 2.75) is 39.0 Å². The van der Waals surface area contributed by atoms with Crippen molar-refractivity contribution in [1.82, 2.24) is 5.32 Å². The molecule has 0 aliphatic carbocycles. The van der Waals surface area contributed by atoms with Gasteiger partial charge in [-0.3, -0.25) is 4.79 Å². The molecule has 0 aromatic heterocycles. The van der Waals surface area contributed by atoms with Gasteiger partial charge in [-0.25, -0.2) is 5.90 Å². The Labute approximate surface area is 79.8 Å². The molecule has 0 bridgehead atoms. The van der Waals surface area contributed by atoms with Crippen LogP contribution in [0.4, 0.5) is 0 Å². The molecule has 0 radical (unpaired) electrons. The third-order valence-electron chi connectivity index (χ3n) is 1.74. The smallest absolute Gasteiger partial charge is 0.219 e. The average molecular weight is 188 g/mol. The first kappa shape index (κ1) is 12.4. The van der Waals surface area contributed by atoms with E-state index in [1.54, 1.807) is 0 Å². The number of carbonyl (C=O) groups is 1. The lowest BCUT2D eigenvalue weighted by atomic mass is 10.2. The molecule has 0 unspecified atom stereocenters. The molecule has 4 heteroatoms. The van der Waals surface area contributed by atoms with Gasteiger partial charge in [-0.15, -0.1) is 0 Å². The van der Waals surface area contributed by atoms with Crippen molar-refractivity contribution in [1.29, 1.82) is 0 Å². The molecule has 0 saturated carbocycles. The highest BCUT2D eigenvalue weighted by Gasteiger charge is 1.98. The first-order valence-corrected chi connectivity index (χ1v) is 4.89. The van der Waals surface area contributed by atoms with Gasteiger partial charge in [-0.05, 0) is 19.3 Å². The second kappa shape index (κ2) is 9.48. The fourth-order valence-electron chi connectivity index (χ4n) is 1.00. The summed E-state index contributed by atoms with van der Waals surface area (Å²) in [5.41, 5.74) is 0. The topological polar surface area (TPSA) is 64.3 Å². The van der Waals surface area contributed by atoms with Crippen LogP contribution in [0.1, 0.15) is 39.0 Å². The van der Waals surface area contributed by atoms with Crippen LogP contribution in [0.25, 0.3) is 0 Å². The maximum atomic E-state index is 11.1. The molecule has 1 amide bonds. The minimum Gasteiger partial charge on any atom is -0.356 e. The summed E-state index contributed by atoms with van der Waals surface area (Å²) in [6.07, 6.45) is 4.45. The summed E-state index contributed by atoms with van der Waals surface area (Å²) < 4.78 is 0. The molecule has 4 nitrogen and oxygen atoms in total. The highest BCUT2D eigenvalue weighted by molar-refractivity contribution is 5.75. The third kappa shape index (κ3) is 9.30. The van der Waals surface area contributed by atoms with E-state index in [0.29, 0.717) is 13.0 Å². The van der Waals surface area contributed by atoms with Crippen molar-refractivity contribution in [3.8, 4) is 0 Å². The summed E-state index contributed by atoms with van der Waals surface area (Å²) in [4.78, 5) is 15.5. The summed E-state index contributed by atoms with van der Waals surface area (Å²) in [7, 11) is 0. The monoisotopic (exact) mass is 188 g/mol. The lowest BCUT2D eigenvalue weighted by molar-refractivity contribution is -0.121. The molecular formula is C9H20N2O2. The summed E-state index contributed by atoms with van der Waals surface area (Å²) in [6.45, 7) is 3.40. The van der Waals surface area contributed by atoms with E-state index >= 15 is 0 Å². The summed E-state index contributed by atoms with van der Waals surface area (Å²) in [6, 6.07) is 0. The Morgan fingerprint density at radius 1 is 1.38 bits per heavy atom. The number of carbonyl (C=O) groups excluding carboxylic acids is 1. The van der Waals surface area contributed by atoms with Crippen molar-refractivity contribution < 1.29 is 9.63 Å². The Balaban J connectivity index is 3.08. The molecule has 13 heavy (non-hydrogen) atoms. The van der Waals surface area contributed by atoms with Gasteiger partial charge in [0.15, 0.2) is 0 Å². The molecular weight excluding hydrogens is 168 g/mol. The minimum atomic E-state index is 0.149. The lowest BCUT2D eigenvalue weighted by Crippen LogP contribution is -2.23. The van der Waals surface area contributed by atoms with E-state index in [1.165, 1.54) is 0 Å². The van der Waals surface area contributed by atoms with Gasteiger partial charge < -0.3 is 10.2 Å². The zero-order valence-electron chi connectivity index (χ0n) is 8.34. The van der Waals surface area contributed by atoms with Crippen LogP contribution in [-0.4, -0.2) is 19.1 Å². The molecule has 0 saturated heterocycles. The van der Waals surface area contributed by atoms with Crippen molar-refractivity contribution in [2.24, 2.45) is 5.90 Å². The van der Waals surface area contributed by atoms with E-state index in [9.17, 15) is 4.79 Å². The maximum Gasteiger partial charge on any atom is 0.219 e. The number of amides is 1. The van der Waals surface area contributed by atoms with Gasteiger partial charge in [0.05, 0.1) is 6.61 Å². The molecule has 0 aliphatic rings. The number of unbranched alkanes of at least 4 members (excludes halogenated alkanes) is 2. The maximum absolute atomic E-state index is 11.1. The Bertz CT molecular complexity index is 129. The third-order valence-corrected chi connectivity index (χ3v) is 1.74. The van der Waals surface area contributed by atoms with Crippen LogP contribution >= 0.6 is 0 Å². The van der Waals surface area contributed by atoms with Gasteiger partial charge in [0, 0.05) is 13.0 Å². The average Bonchev–Trinajstić information content (AvgIpc) is 2.14. The number of hydrogen-bond donors (Lipinski definition) is 2. The van der Waals surface area contributed by atoms with Crippen LogP contribution in [0.3, 0.4) is 0 Å². The second-order valence-corrected chi connectivity index (χ2v) is 3.03. The van der Waals surface area contributed by atoms with E-state index in [1.807, 2.05) is 6.92 Å². The van der Waals surface area contributed by atoms with Crippen molar-refractivity contribution in [3.63, 3.8) is 0 Å². The molecule has 0 aliphatic heterocycles. The fraction of sp³-hybridized carbons (Fsp3) is 0.889. The molecule has 0 atom stereocenters. The fourth-order valence-corrected chi connectivity index (χ4v) is 1.00. The molecule has 0 spiro atoms. The first-order valence-electron chi connectivity index (χ1n) is 4.89. The van der Waals surface area contributed by atoms with Gasteiger partial charge in [0.2, 0.25) is 5.91 Å². The number of hydrogen-bond acceptors (Lipinski definition) is 3. The van der Waals surface area contributed by atoms with Crippen LogP contribution < -0.4 is 11.2 Å². The summed E-state index contributed by atoms with van der Waals surface area (Å²) in [5, 5.41) is 2.83. The van der Waals surface area contributed by atoms with Crippen molar-refractivity contribution >= 4 is 5.91 Å². The quantitative estimate of drug-likeness (QED) is 0.440. The predicted molar refractivity (Wildman–Crippen MR) is 51.9 cm³/mol. The van der Waals surface area contributed by atoms with Gasteiger partial charge in [-0.2, -0.15) is 0 Å². The van der Waals surface area contributed by atoms with E-state index < -0.39 is 0 Å². The molecule has 0 aromatic rings. The van der Waals surface area contributed by atoms with Crippen molar-refractivity contribution in [2.75, 3.05) is 13.2 Å². The Morgan fingerprint density at radius 2 is 2.15 bits per heavy atom. The van der Waals surface area contributed by atoms with Gasteiger partial charge in [-0.1, -0.05) is 13.3 Å². The zero-order chi connectivity index (χ0) is 9.94. The molecule has 3 N–H and O–H groups in total. The van der Waals surface area contributed by atoms with Crippen LogP contribution in [0.5, 0.6) is 0 Å². The Kier molecular flexibility index (Phi) is 9.03. The lowest BCUT2D eigenvalue weighted by Gasteiger charge is -2.02. The van der Waals surface area contributed by atoms with E-state index in [4.69, 9.17) is 5.90 Å². The first-order chi connectivity index (χ1) is 6.31.